The van der Waals surface area contributed by atoms with Crippen LogP contribution in [0.15, 0.2) is 53.4 Å². The molecule has 38 heavy (non-hydrogen) atoms. The van der Waals surface area contributed by atoms with Crippen molar-refractivity contribution >= 4 is 15.9 Å². The zero-order chi connectivity index (χ0) is 27.7. The lowest BCUT2D eigenvalue weighted by Gasteiger charge is -2.37. The van der Waals surface area contributed by atoms with Gasteiger partial charge in [0.2, 0.25) is 15.9 Å². The third-order valence-electron chi connectivity index (χ3n) is 7.13. The first-order valence-corrected chi connectivity index (χ1v) is 14.4. The molecule has 2 aromatic rings. The van der Waals surface area contributed by atoms with Crippen LogP contribution >= 0.6 is 0 Å². The Kier molecular flexibility index (Phi) is 11.0. The van der Waals surface area contributed by atoms with Gasteiger partial charge in [-0.25, -0.2) is 8.42 Å². The number of carbonyl (C=O) groups excluding carboxylic acids is 1. The lowest BCUT2D eigenvalue weighted by Crippen LogP contribution is -2.41. The van der Waals surface area contributed by atoms with Crippen LogP contribution < -0.4 is 14.8 Å². The molecule has 1 amide bonds. The quantitative estimate of drug-likeness (QED) is 0.384. The van der Waals surface area contributed by atoms with Crippen LogP contribution in [0.2, 0.25) is 0 Å². The maximum atomic E-state index is 12.9. The second-order valence-corrected chi connectivity index (χ2v) is 11.9. The molecule has 2 aromatic carbocycles. The van der Waals surface area contributed by atoms with Crippen molar-refractivity contribution in [2.45, 2.75) is 42.7 Å². The van der Waals surface area contributed by atoms with Crippen molar-refractivity contribution in [2.24, 2.45) is 5.92 Å². The van der Waals surface area contributed by atoms with Crippen LogP contribution in [0.5, 0.6) is 11.5 Å². The largest absolute Gasteiger partial charge is 0.493 e. The number of ether oxygens (including phenoxy) is 3. The van der Waals surface area contributed by atoms with E-state index < -0.39 is 10.0 Å². The predicted octanol–water partition coefficient (Wildman–Crippen LogP) is 3.32. The molecule has 1 fully saturated rings. The zero-order valence-electron chi connectivity index (χ0n) is 23.1. The summed E-state index contributed by atoms with van der Waals surface area (Å²) in [6, 6.07) is 15.5. The summed E-state index contributed by atoms with van der Waals surface area (Å²) < 4.78 is 42.9. The molecule has 210 valence electrons. The smallest absolute Gasteiger partial charge is 0.246 e. The molecule has 1 saturated carbocycles. The lowest BCUT2D eigenvalue weighted by atomic mass is 9.78. The highest BCUT2D eigenvalue weighted by Crippen LogP contribution is 2.37. The van der Waals surface area contributed by atoms with E-state index in [2.05, 4.69) is 48.6 Å². The minimum absolute atomic E-state index is 0.0924. The van der Waals surface area contributed by atoms with Crippen LogP contribution in [0, 0.1) is 5.92 Å². The van der Waals surface area contributed by atoms with Gasteiger partial charge < -0.3 is 24.4 Å². The number of hydrogen-bond donors (Lipinski definition) is 1. The number of amides is 1. The van der Waals surface area contributed by atoms with Gasteiger partial charge in [0.25, 0.3) is 0 Å². The second-order valence-electron chi connectivity index (χ2n) is 9.89. The SMILES string of the molecule is COc1ccc(S(=O)(=O)N(C)CCOCC(=O)NC2CCC(C(c3ccccc3)N(C)C)CC2)cc1OC. The fourth-order valence-electron chi connectivity index (χ4n) is 5.13. The Morgan fingerprint density at radius 2 is 1.63 bits per heavy atom. The van der Waals surface area contributed by atoms with E-state index >= 15 is 0 Å². The molecule has 0 bridgehead atoms. The average Bonchev–Trinajstić information content (AvgIpc) is 2.92. The van der Waals surface area contributed by atoms with Gasteiger partial charge in [0.15, 0.2) is 11.5 Å². The fourth-order valence-corrected chi connectivity index (χ4v) is 6.30. The van der Waals surface area contributed by atoms with E-state index in [1.54, 1.807) is 6.07 Å². The molecular weight excluding hydrogens is 506 g/mol. The monoisotopic (exact) mass is 547 g/mol. The number of likely N-dealkylation sites (N-methyl/N-ethyl adjacent to an activating group) is 1. The standard InChI is InChI=1S/C28H41N3O6S/c1-30(2)28(21-9-7-6-8-10-21)22-11-13-23(14-12-22)29-27(32)20-37-18-17-31(3)38(33,34)24-15-16-25(35-4)26(19-24)36-5/h6-10,15-16,19,22-23,28H,11-14,17-18,20H2,1-5H3,(H,29,32). The average molecular weight is 548 g/mol. The van der Waals surface area contributed by atoms with Crippen molar-refractivity contribution in [1.29, 1.82) is 0 Å². The van der Waals surface area contributed by atoms with Gasteiger partial charge in [0, 0.05) is 31.7 Å². The number of benzene rings is 2. The van der Waals surface area contributed by atoms with Gasteiger partial charge in [-0.15, -0.1) is 0 Å². The van der Waals surface area contributed by atoms with Gasteiger partial charge in [-0.3, -0.25) is 4.79 Å². The van der Waals surface area contributed by atoms with Gasteiger partial charge in [0.1, 0.15) is 6.61 Å². The van der Waals surface area contributed by atoms with E-state index in [1.165, 1.54) is 43.3 Å². The fraction of sp³-hybridized carbons (Fsp3) is 0.536. The summed E-state index contributed by atoms with van der Waals surface area (Å²) in [5.74, 6) is 1.15. The van der Waals surface area contributed by atoms with Gasteiger partial charge in [-0.2, -0.15) is 4.31 Å². The molecule has 0 saturated heterocycles. The maximum Gasteiger partial charge on any atom is 0.246 e. The highest BCUT2D eigenvalue weighted by molar-refractivity contribution is 7.89. The molecule has 1 aliphatic rings. The third-order valence-corrected chi connectivity index (χ3v) is 8.98. The molecular formula is C28H41N3O6S. The van der Waals surface area contributed by atoms with Crippen LogP contribution in [0.1, 0.15) is 37.3 Å². The van der Waals surface area contributed by atoms with Crippen LogP contribution in [0.3, 0.4) is 0 Å². The summed E-state index contributed by atoms with van der Waals surface area (Å²) in [6.07, 6.45) is 3.95. The van der Waals surface area contributed by atoms with E-state index in [9.17, 15) is 13.2 Å². The number of nitrogens with zero attached hydrogens (tertiary/aromatic N) is 2. The highest BCUT2D eigenvalue weighted by Gasteiger charge is 2.30. The van der Waals surface area contributed by atoms with E-state index in [0.717, 1.165) is 25.7 Å². The van der Waals surface area contributed by atoms with Crippen LogP contribution in [-0.2, 0) is 19.6 Å². The number of hydrogen-bond acceptors (Lipinski definition) is 7. The molecule has 1 unspecified atom stereocenters. The first-order chi connectivity index (χ1) is 18.2. The number of rotatable bonds is 13. The minimum atomic E-state index is -3.74. The summed E-state index contributed by atoms with van der Waals surface area (Å²) >= 11 is 0. The Hall–Kier alpha value is -2.66. The van der Waals surface area contributed by atoms with Crippen molar-refractivity contribution in [1.82, 2.24) is 14.5 Å². The van der Waals surface area contributed by atoms with Gasteiger partial charge in [-0.05, 0) is 63.4 Å². The molecule has 1 aliphatic carbocycles. The minimum Gasteiger partial charge on any atom is -0.493 e. The molecule has 1 atom stereocenters. The van der Waals surface area contributed by atoms with Gasteiger partial charge in [-0.1, -0.05) is 30.3 Å². The molecule has 0 aromatic heterocycles. The summed E-state index contributed by atoms with van der Waals surface area (Å²) in [4.78, 5) is 14.8. The van der Waals surface area contributed by atoms with Crippen molar-refractivity contribution in [3.63, 3.8) is 0 Å². The predicted molar refractivity (Wildman–Crippen MR) is 147 cm³/mol. The lowest BCUT2D eigenvalue weighted by molar-refractivity contribution is -0.126. The molecule has 0 spiro atoms. The summed E-state index contributed by atoms with van der Waals surface area (Å²) in [5.41, 5.74) is 1.33. The molecule has 0 aliphatic heterocycles. The van der Waals surface area contributed by atoms with Gasteiger partial charge in [0.05, 0.1) is 25.7 Å². The van der Waals surface area contributed by atoms with E-state index in [4.69, 9.17) is 14.2 Å². The van der Waals surface area contributed by atoms with Crippen LogP contribution in [0.4, 0.5) is 0 Å². The summed E-state index contributed by atoms with van der Waals surface area (Å²) in [7, 11) is 4.92. The Balaban J connectivity index is 1.41. The second kappa shape index (κ2) is 13.9. The first kappa shape index (κ1) is 29.9. The molecule has 0 radical (unpaired) electrons. The molecule has 3 rings (SSSR count). The van der Waals surface area contributed by atoms with Crippen LogP contribution in [0.25, 0.3) is 0 Å². The van der Waals surface area contributed by atoms with Crippen molar-refractivity contribution in [2.75, 3.05) is 55.1 Å². The van der Waals surface area contributed by atoms with Crippen LogP contribution in [-0.4, -0.2) is 84.7 Å². The Bertz CT molecular complexity index is 1130. The Morgan fingerprint density at radius 3 is 2.24 bits per heavy atom. The number of nitrogens with one attached hydrogen (secondary N) is 1. The van der Waals surface area contributed by atoms with E-state index in [1.807, 2.05) is 6.07 Å². The molecule has 1 N–H and O–H groups in total. The van der Waals surface area contributed by atoms with Gasteiger partial charge >= 0.3 is 0 Å². The molecule has 9 nitrogen and oxygen atoms in total. The number of methoxy groups -OCH3 is 2. The Morgan fingerprint density at radius 1 is 0.974 bits per heavy atom. The van der Waals surface area contributed by atoms with E-state index in [0.29, 0.717) is 23.5 Å². The topological polar surface area (TPSA) is 97.4 Å². The maximum absolute atomic E-state index is 12.9. The van der Waals surface area contributed by atoms with Crippen molar-refractivity contribution in [3.05, 3.63) is 54.1 Å². The number of carbonyl (C=O) groups is 1. The Labute approximate surface area is 227 Å². The first-order valence-electron chi connectivity index (χ1n) is 12.9. The molecule has 0 heterocycles. The van der Waals surface area contributed by atoms with Crippen molar-refractivity contribution < 1.29 is 27.4 Å². The van der Waals surface area contributed by atoms with E-state index in [-0.39, 0.29) is 36.6 Å². The number of sulfonamides is 1. The third kappa shape index (κ3) is 7.69. The molecule has 10 heteroatoms. The normalized spacial score (nSPS) is 18.8. The summed E-state index contributed by atoms with van der Waals surface area (Å²) in [5, 5.41) is 3.08. The highest BCUT2D eigenvalue weighted by atomic mass is 32.2. The summed E-state index contributed by atoms with van der Waals surface area (Å²) in [6.45, 7) is 0.111. The zero-order valence-corrected chi connectivity index (χ0v) is 23.9. The van der Waals surface area contributed by atoms with Crippen molar-refractivity contribution in [3.8, 4) is 11.5 Å².